The molecule has 1 saturated carbocycles. The standard InChI is InChI=1S/C14H18N2O2/c1-3-17-13-5-7-14(8-6-13,18-4-2)12(10-16)11(13)9-15/h5,7,11-12H,3-4,6,8H2,1-2H3/t11-,12+,13-,14-/m1/s1. The first-order chi connectivity index (χ1) is 8.68. The van der Waals surface area contributed by atoms with E-state index >= 15 is 0 Å². The van der Waals surface area contributed by atoms with E-state index in [1.165, 1.54) is 0 Å². The summed E-state index contributed by atoms with van der Waals surface area (Å²) in [5.74, 6) is -0.902. The molecule has 0 aromatic heterocycles. The molecule has 2 bridgehead atoms. The second kappa shape index (κ2) is 4.72. The number of ether oxygens (including phenoxy) is 2. The van der Waals surface area contributed by atoms with Crippen LogP contribution in [0.1, 0.15) is 26.7 Å². The Labute approximate surface area is 108 Å². The predicted molar refractivity (Wildman–Crippen MR) is 65.3 cm³/mol. The summed E-state index contributed by atoms with van der Waals surface area (Å²) in [6, 6.07) is 4.53. The fourth-order valence-electron chi connectivity index (χ4n) is 3.25. The van der Waals surface area contributed by atoms with E-state index in [-0.39, 0.29) is 0 Å². The molecule has 0 aromatic rings. The molecule has 4 atom stereocenters. The van der Waals surface area contributed by atoms with Gasteiger partial charge in [-0.15, -0.1) is 0 Å². The molecule has 3 rings (SSSR count). The summed E-state index contributed by atoms with van der Waals surface area (Å²) in [7, 11) is 0. The van der Waals surface area contributed by atoms with Crippen LogP contribution in [0.3, 0.4) is 0 Å². The van der Waals surface area contributed by atoms with Gasteiger partial charge in [-0.2, -0.15) is 10.5 Å². The van der Waals surface area contributed by atoms with Crippen molar-refractivity contribution in [2.75, 3.05) is 13.2 Å². The van der Waals surface area contributed by atoms with Gasteiger partial charge in [0.15, 0.2) is 0 Å². The van der Waals surface area contributed by atoms with Gasteiger partial charge in [0.25, 0.3) is 0 Å². The number of rotatable bonds is 4. The smallest absolute Gasteiger partial charge is 0.104 e. The van der Waals surface area contributed by atoms with Crippen LogP contribution in [0.15, 0.2) is 12.2 Å². The second-order valence-corrected chi connectivity index (χ2v) is 4.82. The summed E-state index contributed by atoms with van der Waals surface area (Å²) >= 11 is 0. The van der Waals surface area contributed by atoms with Crippen LogP contribution in [0.25, 0.3) is 0 Å². The highest BCUT2D eigenvalue weighted by atomic mass is 16.5. The van der Waals surface area contributed by atoms with Crippen molar-refractivity contribution in [1.29, 1.82) is 10.5 Å². The molecule has 0 aliphatic heterocycles. The molecular weight excluding hydrogens is 228 g/mol. The summed E-state index contributed by atoms with van der Waals surface area (Å²) < 4.78 is 11.6. The topological polar surface area (TPSA) is 66.0 Å². The van der Waals surface area contributed by atoms with Crippen molar-refractivity contribution in [1.82, 2.24) is 0 Å². The van der Waals surface area contributed by atoms with Crippen LogP contribution in [0.2, 0.25) is 0 Å². The lowest BCUT2D eigenvalue weighted by molar-refractivity contribution is -0.151. The van der Waals surface area contributed by atoms with Crippen molar-refractivity contribution in [2.24, 2.45) is 11.8 Å². The first-order valence-electron chi connectivity index (χ1n) is 6.45. The fourth-order valence-corrected chi connectivity index (χ4v) is 3.25. The molecule has 4 heteroatoms. The van der Waals surface area contributed by atoms with E-state index in [2.05, 4.69) is 12.1 Å². The Balaban J connectivity index is 2.44. The molecule has 4 nitrogen and oxygen atoms in total. The second-order valence-electron chi connectivity index (χ2n) is 4.82. The summed E-state index contributed by atoms with van der Waals surface area (Å²) in [6.07, 6.45) is 5.37. The number of fused-ring (bicyclic) bond motifs is 2. The van der Waals surface area contributed by atoms with Gasteiger partial charge in [0, 0.05) is 13.2 Å². The van der Waals surface area contributed by atoms with Crippen molar-refractivity contribution < 1.29 is 9.47 Å². The van der Waals surface area contributed by atoms with Gasteiger partial charge in [0.1, 0.15) is 11.2 Å². The zero-order valence-corrected chi connectivity index (χ0v) is 10.8. The van der Waals surface area contributed by atoms with Crippen LogP contribution in [0.4, 0.5) is 0 Å². The van der Waals surface area contributed by atoms with Crippen molar-refractivity contribution in [2.45, 2.75) is 37.9 Å². The van der Waals surface area contributed by atoms with Gasteiger partial charge in [0.2, 0.25) is 0 Å². The minimum absolute atomic E-state index is 0.451. The van der Waals surface area contributed by atoms with Gasteiger partial charge in [0.05, 0.1) is 24.0 Å². The third-order valence-corrected chi connectivity index (χ3v) is 4.04. The molecule has 1 fully saturated rings. The average Bonchev–Trinajstić information content (AvgIpc) is 2.39. The molecule has 18 heavy (non-hydrogen) atoms. The Morgan fingerprint density at radius 1 is 1.00 bits per heavy atom. The molecule has 0 aromatic carbocycles. The van der Waals surface area contributed by atoms with E-state index in [1.54, 1.807) is 0 Å². The first-order valence-corrected chi connectivity index (χ1v) is 6.45. The third-order valence-electron chi connectivity index (χ3n) is 4.04. The van der Waals surface area contributed by atoms with Crippen LogP contribution in [-0.2, 0) is 9.47 Å². The van der Waals surface area contributed by atoms with Gasteiger partial charge in [-0.3, -0.25) is 0 Å². The Bertz CT molecular complexity index is 394. The van der Waals surface area contributed by atoms with Gasteiger partial charge in [-0.25, -0.2) is 0 Å². The largest absolute Gasteiger partial charge is 0.370 e. The number of nitrogens with zero attached hydrogens (tertiary/aromatic N) is 2. The molecule has 0 radical (unpaired) electrons. The molecule has 96 valence electrons. The lowest BCUT2D eigenvalue weighted by Gasteiger charge is -2.53. The van der Waals surface area contributed by atoms with Crippen LogP contribution in [0.5, 0.6) is 0 Å². The molecule has 0 saturated heterocycles. The third kappa shape index (κ3) is 1.65. The number of hydrogen-bond acceptors (Lipinski definition) is 4. The Kier molecular flexibility index (Phi) is 3.43. The van der Waals surface area contributed by atoms with Crippen LogP contribution in [0, 0.1) is 34.5 Å². The van der Waals surface area contributed by atoms with Crippen molar-refractivity contribution in [3.8, 4) is 12.1 Å². The molecule has 0 spiro atoms. The highest BCUT2D eigenvalue weighted by molar-refractivity contribution is 5.33. The van der Waals surface area contributed by atoms with E-state index < -0.39 is 23.0 Å². The van der Waals surface area contributed by atoms with Gasteiger partial charge < -0.3 is 9.47 Å². The summed E-state index contributed by atoms with van der Waals surface area (Å²) in [5.41, 5.74) is -1.19. The minimum atomic E-state index is -0.594. The molecule has 0 amide bonds. The highest BCUT2D eigenvalue weighted by Crippen LogP contribution is 2.52. The Morgan fingerprint density at radius 3 is 1.61 bits per heavy atom. The lowest BCUT2D eigenvalue weighted by Crippen LogP contribution is -2.60. The lowest BCUT2D eigenvalue weighted by atomic mass is 9.58. The molecule has 3 aliphatic carbocycles. The molecule has 3 aliphatic rings. The quantitative estimate of drug-likeness (QED) is 0.713. The van der Waals surface area contributed by atoms with Gasteiger partial charge in [-0.05, 0) is 26.7 Å². The summed E-state index contributed by atoms with van der Waals surface area (Å²) in [5, 5.41) is 18.8. The number of nitriles is 2. The Hall–Kier alpha value is -1.36. The van der Waals surface area contributed by atoms with Crippen LogP contribution in [-0.4, -0.2) is 24.4 Å². The van der Waals surface area contributed by atoms with Crippen LogP contribution < -0.4 is 0 Å². The van der Waals surface area contributed by atoms with Gasteiger partial charge >= 0.3 is 0 Å². The van der Waals surface area contributed by atoms with Crippen molar-refractivity contribution in [3.05, 3.63) is 12.2 Å². The number of hydrogen-bond donors (Lipinski definition) is 0. The van der Waals surface area contributed by atoms with Crippen LogP contribution >= 0.6 is 0 Å². The molecule has 0 N–H and O–H groups in total. The van der Waals surface area contributed by atoms with E-state index in [1.807, 2.05) is 26.0 Å². The van der Waals surface area contributed by atoms with Crippen molar-refractivity contribution >= 4 is 0 Å². The zero-order valence-electron chi connectivity index (χ0n) is 10.8. The summed E-state index contributed by atoms with van der Waals surface area (Å²) in [6.45, 7) is 4.92. The molecule has 0 heterocycles. The van der Waals surface area contributed by atoms with Crippen molar-refractivity contribution in [3.63, 3.8) is 0 Å². The maximum absolute atomic E-state index is 9.42. The van der Waals surface area contributed by atoms with E-state index in [9.17, 15) is 10.5 Å². The summed E-state index contributed by atoms with van der Waals surface area (Å²) in [4.78, 5) is 0. The predicted octanol–water partition coefficient (Wildman–Crippen LogP) is 2.18. The maximum Gasteiger partial charge on any atom is 0.104 e. The normalized spacial score (nSPS) is 41.3. The monoisotopic (exact) mass is 246 g/mol. The fraction of sp³-hybridized carbons (Fsp3) is 0.714. The minimum Gasteiger partial charge on any atom is -0.370 e. The average molecular weight is 246 g/mol. The van der Waals surface area contributed by atoms with Gasteiger partial charge in [-0.1, -0.05) is 12.2 Å². The highest BCUT2D eigenvalue weighted by Gasteiger charge is 2.59. The first kappa shape index (κ1) is 13.1. The zero-order chi connectivity index (χ0) is 13.2. The Morgan fingerprint density at radius 2 is 1.39 bits per heavy atom. The molecule has 0 unspecified atom stereocenters. The van der Waals surface area contributed by atoms with E-state index in [4.69, 9.17) is 9.47 Å². The maximum atomic E-state index is 9.42. The van der Waals surface area contributed by atoms with E-state index in [0.717, 1.165) is 12.8 Å². The van der Waals surface area contributed by atoms with E-state index in [0.29, 0.717) is 13.2 Å². The molecular formula is C14H18N2O2. The SMILES string of the molecule is CCO[C@]12C=C[C@@](OCC)(CC1)[C@@H](C#N)[C@H]2C#N.